The minimum atomic E-state index is -1.000. The molecule has 106 valence electrons. The molecule has 0 aromatic heterocycles. The number of methoxy groups -OCH3 is 1. The molecule has 0 saturated carbocycles. The van der Waals surface area contributed by atoms with Gasteiger partial charge >= 0.3 is 12.0 Å². The first-order valence-corrected chi connectivity index (χ1v) is 7.22. The molecule has 2 N–H and O–H groups in total. The summed E-state index contributed by atoms with van der Waals surface area (Å²) in [5.74, 6) is -0.304. The number of carbonyl (C=O) groups is 2. The lowest BCUT2D eigenvalue weighted by Gasteiger charge is -2.23. The van der Waals surface area contributed by atoms with Crippen LogP contribution in [-0.2, 0) is 9.53 Å². The number of urea groups is 1. The summed E-state index contributed by atoms with van der Waals surface area (Å²) in [6.45, 7) is 3.24. The average molecular weight is 278 g/mol. The van der Waals surface area contributed by atoms with E-state index in [2.05, 4.69) is 5.32 Å². The Morgan fingerprint density at radius 3 is 2.61 bits per heavy atom. The van der Waals surface area contributed by atoms with Gasteiger partial charge in [-0.3, -0.25) is 0 Å². The number of amides is 2. The Hall–Kier alpha value is -0.950. The van der Waals surface area contributed by atoms with Crippen LogP contribution in [0.4, 0.5) is 4.79 Å². The average Bonchev–Trinajstić information content (AvgIpc) is 2.34. The fraction of sp³-hybridized carbons (Fsp3) is 0.818. The predicted octanol–water partition coefficient (Wildman–Crippen LogP) is 0.871. The zero-order valence-corrected chi connectivity index (χ0v) is 12.0. The highest BCUT2D eigenvalue weighted by Gasteiger charge is 2.21. The monoisotopic (exact) mass is 278 g/mol. The third kappa shape index (κ3) is 6.70. The van der Waals surface area contributed by atoms with E-state index in [0.29, 0.717) is 31.9 Å². The van der Waals surface area contributed by atoms with Gasteiger partial charge in [0.2, 0.25) is 0 Å². The van der Waals surface area contributed by atoms with Crippen molar-refractivity contribution in [3.63, 3.8) is 0 Å². The Kier molecular flexibility index (Phi) is 9.49. The molecular formula is C11H22N2O4S. The van der Waals surface area contributed by atoms with Crippen molar-refractivity contribution in [1.82, 2.24) is 10.2 Å². The quantitative estimate of drug-likeness (QED) is 0.654. The number of ether oxygens (including phenoxy) is 1. The Morgan fingerprint density at radius 1 is 1.50 bits per heavy atom. The molecule has 0 radical (unpaired) electrons. The molecule has 0 saturated heterocycles. The summed E-state index contributed by atoms with van der Waals surface area (Å²) in [6.07, 6.45) is 2.32. The smallest absolute Gasteiger partial charge is 0.326 e. The summed E-state index contributed by atoms with van der Waals surface area (Å²) in [4.78, 5) is 24.4. The maximum absolute atomic E-state index is 11.8. The van der Waals surface area contributed by atoms with E-state index >= 15 is 0 Å². The molecule has 0 aliphatic rings. The topological polar surface area (TPSA) is 78.9 Å². The second-order valence-electron chi connectivity index (χ2n) is 3.69. The molecule has 1 atom stereocenters. The molecule has 0 spiro atoms. The van der Waals surface area contributed by atoms with Gasteiger partial charge in [0.1, 0.15) is 6.04 Å². The van der Waals surface area contributed by atoms with Crippen LogP contribution in [0, 0.1) is 0 Å². The molecule has 6 nitrogen and oxygen atoms in total. The van der Waals surface area contributed by atoms with E-state index < -0.39 is 12.0 Å². The van der Waals surface area contributed by atoms with Gasteiger partial charge in [-0.1, -0.05) is 0 Å². The van der Waals surface area contributed by atoms with Crippen molar-refractivity contribution in [2.75, 3.05) is 38.8 Å². The van der Waals surface area contributed by atoms with Gasteiger partial charge < -0.3 is 20.1 Å². The number of hydrogen-bond acceptors (Lipinski definition) is 4. The van der Waals surface area contributed by atoms with Crippen LogP contribution >= 0.6 is 11.8 Å². The highest BCUT2D eigenvalue weighted by Crippen LogP contribution is 2.02. The van der Waals surface area contributed by atoms with Crippen LogP contribution < -0.4 is 5.32 Å². The van der Waals surface area contributed by atoms with E-state index in [0.717, 1.165) is 0 Å². The number of aliphatic carboxylic acids is 1. The maximum atomic E-state index is 11.8. The number of carboxylic acids is 1. The van der Waals surface area contributed by atoms with E-state index in [1.165, 1.54) is 4.90 Å². The lowest BCUT2D eigenvalue weighted by Crippen LogP contribution is -2.48. The second kappa shape index (κ2) is 10.0. The van der Waals surface area contributed by atoms with Crippen LogP contribution in [0.3, 0.4) is 0 Å². The number of hydrogen-bond donors (Lipinski definition) is 2. The van der Waals surface area contributed by atoms with Crippen LogP contribution in [-0.4, -0.2) is 66.9 Å². The Labute approximate surface area is 112 Å². The molecule has 18 heavy (non-hydrogen) atoms. The first-order valence-electron chi connectivity index (χ1n) is 5.82. The summed E-state index contributed by atoms with van der Waals surface area (Å²) in [5.41, 5.74) is 0. The minimum Gasteiger partial charge on any atom is -0.480 e. The van der Waals surface area contributed by atoms with Gasteiger partial charge in [-0.2, -0.15) is 11.8 Å². The molecule has 7 heteroatoms. The van der Waals surface area contributed by atoms with Crippen LogP contribution in [0.1, 0.15) is 13.3 Å². The summed E-state index contributed by atoms with van der Waals surface area (Å²) in [6, 6.07) is -1.19. The van der Waals surface area contributed by atoms with Crippen molar-refractivity contribution in [2.24, 2.45) is 0 Å². The summed E-state index contributed by atoms with van der Waals surface area (Å²) in [7, 11) is 1.56. The Balaban J connectivity index is 4.32. The van der Waals surface area contributed by atoms with E-state index in [9.17, 15) is 9.59 Å². The molecule has 0 aromatic rings. The maximum Gasteiger partial charge on any atom is 0.326 e. The third-order valence-electron chi connectivity index (χ3n) is 2.44. The standard InChI is InChI=1S/C11H22N2O4S/c1-4-13(6-7-17-2)11(16)12-9(10(14)15)5-8-18-3/h9H,4-8H2,1-3H3,(H,12,16)(H,14,15)/t9-/m0/s1. The predicted molar refractivity (Wildman–Crippen MR) is 72.1 cm³/mol. The molecule has 2 amide bonds. The van der Waals surface area contributed by atoms with E-state index in [4.69, 9.17) is 9.84 Å². The highest BCUT2D eigenvalue weighted by molar-refractivity contribution is 7.98. The first kappa shape index (κ1) is 17.1. The molecule has 0 unspecified atom stereocenters. The van der Waals surface area contributed by atoms with Gasteiger partial charge in [0.05, 0.1) is 6.61 Å². The lowest BCUT2D eigenvalue weighted by molar-refractivity contribution is -0.139. The van der Waals surface area contributed by atoms with Crippen molar-refractivity contribution >= 4 is 23.8 Å². The lowest BCUT2D eigenvalue weighted by atomic mass is 10.2. The summed E-state index contributed by atoms with van der Waals surface area (Å²) < 4.78 is 4.90. The van der Waals surface area contributed by atoms with Gasteiger partial charge in [0.15, 0.2) is 0 Å². The number of carbonyl (C=O) groups excluding carboxylic acids is 1. The zero-order chi connectivity index (χ0) is 14.0. The summed E-state index contributed by atoms with van der Waals surface area (Å²) >= 11 is 1.55. The number of nitrogens with one attached hydrogen (secondary N) is 1. The Bertz CT molecular complexity index is 263. The van der Waals surface area contributed by atoms with E-state index in [1.807, 2.05) is 13.2 Å². The molecule has 0 fully saturated rings. The number of nitrogens with zero attached hydrogens (tertiary/aromatic N) is 1. The van der Waals surface area contributed by atoms with Gasteiger partial charge in [0.25, 0.3) is 0 Å². The van der Waals surface area contributed by atoms with Crippen LogP contribution in [0.25, 0.3) is 0 Å². The van der Waals surface area contributed by atoms with Crippen LogP contribution in [0.2, 0.25) is 0 Å². The Morgan fingerprint density at radius 2 is 2.17 bits per heavy atom. The molecule has 0 bridgehead atoms. The molecule has 0 aliphatic heterocycles. The number of carboxylic acid groups (broad SMARTS) is 1. The SMILES string of the molecule is CCN(CCOC)C(=O)N[C@@H](CCSC)C(=O)O. The normalized spacial score (nSPS) is 11.9. The minimum absolute atomic E-state index is 0.358. The second-order valence-corrected chi connectivity index (χ2v) is 4.68. The van der Waals surface area contributed by atoms with Crippen molar-refractivity contribution in [1.29, 1.82) is 0 Å². The molecule has 0 rings (SSSR count). The van der Waals surface area contributed by atoms with Crippen molar-refractivity contribution in [3.8, 4) is 0 Å². The fourth-order valence-electron chi connectivity index (χ4n) is 1.34. The van der Waals surface area contributed by atoms with Crippen molar-refractivity contribution in [3.05, 3.63) is 0 Å². The molecule has 0 aromatic carbocycles. The third-order valence-corrected chi connectivity index (χ3v) is 3.08. The van der Waals surface area contributed by atoms with Gasteiger partial charge in [0, 0.05) is 20.2 Å². The van der Waals surface area contributed by atoms with Crippen LogP contribution in [0.15, 0.2) is 0 Å². The van der Waals surface area contributed by atoms with Gasteiger partial charge in [-0.15, -0.1) is 0 Å². The molecule has 0 heterocycles. The summed E-state index contributed by atoms with van der Waals surface area (Å²) in [5, 5.41) is 11.5. The van der Waals surface area contributed by atoms with Crippen LogP contribution in [0.5, 0.6) is 0 Å². The molecular weight excluding hydrogens is 256 g/mol. The number of thioether (sulfide) groups is 1. The largest absolute Gasteiger partial charge is 0.480 e. The van der Waals surface area contributed by atoms with Gasteiger partial charge in [-0.05, 0) is 25.4 Å². The van der Waals surface area contributed by atoms with Crippen molar-refractivity contribution in [2.45, 2.75) is 19.4 Å². The molecule has 0 aliphatic carbocycles. The zero-order valence-electron chi connectivity index (χ0n) is 11.1. The van der Waals surface area contributed by atoms with E-state index in [1.54, 1.807) is 18.9 Å². The van der Waals surface area contributed by atoms with Gasteiger partial charge in [-0.25, -0.2) is 9.59 Å². The number of rotatable bonds is 9. The first-order chi connectivity index (χ1) is 8.56. The number of likely N-dealkylation sites (N-methyl/N-ethyl adjacent to an activating group) is 1. The van der Waals surface area contributed by atoms with E-state index in [-0.39, 0.29) is 6.03 Å². The highest BCUT2D eigenvalue weighted by atomic mass is 32.2. The van der Waals surface area contributed by atoms with Crippen molar-refractivity contribution < 1.29 is 19.4 Å². The fourth-order valence-corrected chi connectivity index (χ4v) is 1.81.